The first-order valence-electron chi connectivity index (χ1n) is 7.21. The van der Waals surface area contributed by atoms with Crippen molar-refractivity contribution in [3.05, 3.63) is 46.8 Å². The van der Waals surface area contributed by atoms with E-state index in [1.165, 1.54) is 0 Å². The Morgan fingerprint density at radius 3 is 2.57 bits per heavy atom. The molecule has 2 aromatic rings. The molecule has 0 aliphatic heterocycles. The third-order valence-electron chi connectivity index (χ3n) is 3.76. The summed E-state index contributed by atoms with van der Waals surface area (Å²) in [4.78, 5) is 13.9. The summed E-state index contributed by atoms with van der Waals surface area (Å²) in [5, 5.41) is 3.02. The minimum atomic E-state index is 0.0541. The molecule has 0 radical (unpaired) electrons. The number of benzene rings is 1. The van der Waals surface area contributed by atoms with Crippen LogP contribution >= 0.6 is 11.3 Å². The second-order valence-corrected chi connectivity index (χ2v) is 6.50. The smallest absolute Gasteiger partial charge is 0.261 e. The van der Waals surface area contributed by atoms with Crippen LogP contribution in [0.5, 0.6) is 0 Å². The number of hydrogen-bond acceptors (Lipinski definition) is 3. The van der Waals surface area contributed by atoms with Crippen LogP contribution in [0.25, 0.3) is 10.4 Å². The van der Waals surface area contributed by atoms with Crippen LogP contribution in [-0.4, -0.2) is 19.1 Å². The molecule has 21 heavy (non-hydrogen) atoms. The van der Waals surface area contributed by atoms with Crippen LogP contribution in [0.4, 0.5) is 0 Å². The number of thiophene rings is 1. The van der Waals surface area contributed by atoms with E-state index in [1.54, 1.807) is 18.4 Å². The monoisotopic (exact) mass is 301 g/mol. The molecule has 1 N–H and O–H groups in total. The molecule has 3 rings (SSSR count). The lowest BCUT2D eigenvalue weighted by molar-refractivity contribution is 0.0955. The van der Waals surface area contributed by atoms with Crippen molar-refractivity contribution in [1.29, 1.82) is 0 Å². The van der Waals surface area contributed by atoms with E-state index >= 15 is 0 Å². The maximum absolute atomic E-state index is 12.0. The van der Waals surface area contributed by atoms with Crippen LogP contribution in [0.1, 0.15) is 41.1 Å². The Hall–Kier alpha value is -1.65. The predicted molar refractivity (Wildman–Crippen MR) is 85.7 cm³/mol. The van der Waals surface area contributed by atoms with Gasteiger partial charge >= 0.3 is 0 Å². The average molecular weight is 301 g/mol. The van der Waals surface area contributed by atoms with Gasteiger partial charge in [-0.15, -0.1) is 11.3 Å². The molecule has 1 atom stereocenters. The van der Waals surface area contributed by atoms with Crippen LogP contribution in [0.15, 0.2) is 36.4 Å². The average Bonchev–Trinajstić information content (AvgIpc) is 3.18. The van der Waals surface area contributed by atoms with Gasteiger partial charge in [-0.05, 0) is 43.0 Å². The van der Waals surface area contributed by atoms with Crippen molar-refractivity contribution in [2.45, 2.75) is 31.9 Å². The molecule has 1 fully saturated rings. The molecule has 1 aliphatic carbocycles. The largest absolute Gasteiger partial charge is 0.377 e. The number of carbonyl (C=O) groups excluding carboxylic acids is 1. The first kappa shape index (κ1) is 14.3. The molecular formula is C17H19NO2S. The van der Waals surface area contributed by atoms with E-state index in [2.05, 4.69) is 29.6 Å². The molecule has 1 amide bonds. The molecule has 3 nitrogen and oxygen atoms in total. The summed E-state index contributed by atoms with van der Waals surface area (Å²) in [6, 6.07) is 12.6. The van der Waals surface area contributed by atoms with Crippen molar-refractivity contribution in [2.24, 2.45) is 0 Å². The van der Waals surface area contributed by atoms with Crippen molar-refractivity contribution >= 4 is 17.2 Å². The summed E-state index contributed by atoms with van der Waals surface area (Å²) in [5.41, 5.74) is 2.29. The molecule has 1 unspecified atom stereocenters. The molecule has 1 saturated carbocycles. The lowest BCUT2D eigenvalue weighted by atomic mass is 10.1. The third kappa shape index (κ3) is 3.34. The maximum Gasteiger partial charge on any atom is 0.261 e. The van der Waals surface area contributed by atoms with Gasteiger partial charge in [0.25, 0.3) is 5.91 Å². The summed E-state index contributed by atoms with van der Waals surface area (Å²) >= 11 is 1.54. The van der Waals surface area contributed by atoms with Crippen molar-refractivity contribution in [3.8, 4) is 10.4 Å². The van der Waals surface area contributed by atoms with Crippen molar-refractivity contribution < 1.29 is 9.53 Å². The number of carbonyl (C=O) groups is 1. The summed E-state index contributed by atoms with van der Waals surface area (Å²) in [6.45, 7) is 2.03. The van der Waals surface area contributed by atoms with E-state index in [0.29, 0.717) is 6.04 Å². The molecule has 1 aliphatic rings. The first-order valence-corrected chi connectivity index (χ1v) is 8.03. The molecule has 1 aromatic heterocycles. The molecule has 110 valence electrons. The number of hydrogen-bond donors (Lipinski definition) is 1. The normalized spacial score (nSPS) is 15.7. The second-order valence-electron chi connectivity index (χ2n) is 5.41. The van der Waals surface area contributed by atoms with Crippen LogP contribution < -0.4 is 5.32 Å². The van der Waals surface area contributed by atoms with E-state index in [1.807, 2.05) is 19.1 Å². The highest BCUT2D eigenvalue weighted by molar-refractivity contribution is 7.17. The van der Waals surface area contributed by atoms with Crippen molar-refractivity contribution in [3.63, 3.8) is 0 Å². The van der Waals surface area contributed by atoms with E-state index in [0.717, 1.165) is 33.7 Å². The molecule has 0 spiro atoms. The van der Waals surface area contributed by atoms with Gasteiger partial charge in [-0.3, -0.25) is 4.79 Å². The first-order chi connectivity index (χ1) is 10.2. The lowest BCUT2D eigenvalue weighted by Gasteiger charge is -2.09. The molecule has 1 heterocycles. The van der Waals surface area contributed by atoms with Gasteiger partial charge in [0.05, 0.1) is 11.0 Å². The highest BCUT2D eigenvalue weighted by Crippen LogP contribution is 2.30. The zero-order chi connectivity index (χ0) is 14.8. The van der Waals surface area contributed by atoms with Gasteiger partial charge in [-0.25, -0.2) is 0 Å². The molecule has 1 aromatic carbocycles. The zero-order valence-corrected chi connectivity index (χ0v) is 13.1. The van der Waals surface area contributed by atoms with E-state index in [9.17, 15) is 4.79 Å². The third-order valence-corrected chi connectivity index (χ3v) is 4.89. The highest BCUT2D eigenvalue weighted by atomic mass is 32.1. The Bertz CT molecular complexity index is 628. The highest BCUT2D eigenvalue weighted by Gasteiger charge is 2.24. The van der Waals surface area contributed by atoms with E-state index < -0.39 is 0 Å². The van der Waals surface area contributed by atoms with Crippen LogP contribution in [0.3, 0.4) is 0 Å². The number of methoxy groups -OCH3 is 1. The van der Waals surface area contributed by atoms with Crippen molar-refractivity contribution in [2.75, 3.05) is 7.11 Å². The van der Waals surface area contributed by atoms with Gasteiger partial charge in [0.15, 0.2) is 0 Å². The number of amides is 1. The molecule has 4 heteroatoms. The number of nitrogens with one attached hydrogen (secondary N) is 1. The Balaban J connectivity index is 1.74. The molecular weight excluding hydrogens is 282 g/mol. The Morgan fingerprint density at radius 2 is 1.95 bits per heavy atom. The van der Waals surface area contributed by atoms with E-state index in [4.69, 9.17) is 4.74 Å². The van der Waals surface area contributed by atoms with E-state index in [-0.39, 0.29) is 12.0 Å². The number of ether oxygens (including phenoxy) is 1. The van der Waals surface area contributed by atoms with Crippen LogP contribution in [0, 0.1) is 0 Å². The minimum absolute atomic E-state index is 0.0541. The fourth-order valence-electron chi connectivity index (χ4n) is 2.15. The Labute approximate surface area is 129 Å². The van der Waals surface area contributed by atoms with Gasteiger partial charge in [0.2, 0.25) is 0 Å². The second kappa shape index (κ2) is 6.00. The topological polar surface area (TPSA) is 38.3 Å². The minimum Gasteiger partial charge on any atom is -0.377 e. The molecule has 0 bridgehead atoms. The summed E-state index contributed by atoms with van der Waals surface area (Å²) in [6.07, 6.45) is 2.33. The van der Waals surface area contributed by atoms with Crippen LogP contribution in [0.2, 0.25) is 0 Å². The lowest BCUT2D eigenvalue weighted by Crippen LogP contribution is -2.24. The van der Waals surface area contributed by atoms with Gasteiger partial charge in [0, 0.05) is 18.0 Å². The number of rotatable bonds is 5. The van der Waals surface area contributed by atoms with Gasteiger partial charge in [0.1, 0.15) is 0 Å². The summed E-state index contributed by atoms with van der Waals surface area (Å²) in [5.74, 6) is 0.0541. The fourth-order valence-corrected chi connectivity index (χ4v) is 3.07. The summed E-state index contributed by atoms with van der Waals surface area (Å²) < 4.78 is 5.31. The van der Waals surface area contributed by atoms with Crippen molar-refractivity contribution in [1.82, 2.24) is 5.32 Å². The Morgan fingerprint density at radius 1 is 1.24 bits per heavy atom. The maximum atomic E-state index is 12.0. The predicted octanol–water partition coefficient (Wildman–Crippen LogP) is 4.01. The molecule has 0 saturated heterocycles. The van der Waals surface area contributed by atoms with Gasteiger partial charge in [-0.1, -0.05) is 24.3 Å². The van der Waals surface area contributed by atoms with Gasteiger partial charge in [-0.2, -0.15) is 0 Å². The van der Waals surface area contributed by atoms with Crippen LogP contribution in [-0.2, 0) is 4.74 Å². The quantitative estimate of drug-likeness (QED) is 0.906. The van der Waals surface area contributed by atoms with Gasteiger partial charge < -0.3 is 10.1 Å². The zero-order valence-electron chi connectivity index (χ0n) is 12.3. The fraction of sp³-hybridized carbons (Fsp3) is 0.353. The standard InChI is InChI=1S/C17H19NO2S/c1-11(20-2)12-3-5-13(6-4-12)15-9-10-16(21-15)17(19)18-14-7-8-14/h3-6,9-11,14H,7-8H2,1-2H3,(H,18,19). The Kier molecular flexibility index (Phi) is 4.08. The SMILES string of the molecule is COC(C)c1ccc(-c2ccc(C(=O)NC3CC3)s2)cc1. The summed E-state index contributed by atoms with van der Waals surface area (Å²) in [7, 11) is 1.71.